The maximum Gasteiger partial charge on any atom is 0.0134 e. The van der Waals surface area contributed by atoms with Crippen molar-refractivity contribution in [1.29, 1.82) is 0 Å². The first-order chi connectivity index (χ1) is 25.3. The highest BCUT2D eigenvalue weighted by Gasteiger charge is 2.71. The minimum Gasteiger partial charge on any atom is -0.316 e. The summed E-state index contributed by atoms with van der Waals surface area (Å²) in [6.45, 7) is 2.61. The van der Waals surface area contributed by atoms with Gasteiger partial charge in [-0.1, -0.05) is 116 Å². The molecule has 0 aromatic carbocycles. The van der Waals surface area contributed by atoms with Crippen LogP contribution >= 0.6 is 0 Å². The Kier molecular flexibility index (Phi) is 12.2. The van der Waals surface area contributed by atoms with Gasteiger partial charge in [-0.05, 0) is 179 Å². The average molecular weight is 701 g/mol. The minimum atomic E-state index is 0.697. The van der Waals surface area contributed by atoms with Crippen LogP contribution in [0.3, 0.4) is 0 Å². The van der Waals surface area contributed by atoms with Crippen molar-refractivity contribution >= 4 is 0 Å². The van der Waals surface area contributed by atoms with E-state index < -0.39 is 0 Å². The molecule has 290 valence electrons. The summed E-state index contributed by atoms with van der Waals surface area (Å²) in [5.41, 5.74) is 0.697. The molecule has 0 amide bonds. The van der Waals surface area contributed by atoms with Crippen molar-refractivity contribution in [2.24, 2.45) is 76.4 Å². The second-order valence-electron chi connectivity index (χ2n) is 21.5. The molecule has 9 saturated carbocycles. The van der Waals surface area contributed by atoms with Gasteiger partial charge < -0.3 is 10.6 Å². The topological polar surface area (TPSA) is 24.1 Å². The molecule has 0 spiro atoms. The Morgan fingerprint density at radius 2 is 0.882 bits per heavy atom. The normalized spacial score (nSPS) is 43.3. The van der Waals surface area contributed by atoms with E-state index in [1.54, 1.807) is 135 Å². The molecule has 51 heavy (non-hydrogen) atoms. The highest BCUT2D eigenvalue weighted by atomic mass is 15.0. The number of rotatable bonds is 9. The molecule has 0 aromatic heterocycles. The maximum atomic E-state index is 4.85. The lowest BCUT2D eigenvalue weighted by Gasteiger charge is -2.63. The van der Waals surface area contributed by atoms with E-state index in [0.29, 0.717) is 5.41 Å². The number of hydrogen-bond acceptors (Lipinski definition) is 2. The van der Waals surface area contributed by atoms with Crippen LogP contribution in [0.5, 0.6) is 0 Å². The van der Waals surface area contributed by atoms with Crippen molar-refractivity contribution in [2.75, 3.05) is 13.1 Å². The van der Waals surface area contributed by atoms with Crippen molar-refractivity contribution in [1.82, 2.24) is 10.6 Å². The molecule has 8 unspecified atom stereocenters. The van der Waals surface area contributed by atoms with Gasteiger partial charge in [0.1, 0.15) is 0 Å². The summed E-state index contributed by atoms with van der Waals surface area (Å²) >= 11 is 0. The molecular weight excluding hydrogens is 617 g/mol. The molecular formula is C49H84N2. The molecule has 9 aliphatic carbocycles. The lowest BCUT2D eigenvalue weighted by atomic mass is 9.43. The zero-order valence-electron chi connectivity index (χ0n) is 33.6. The zero-order chi connectivity index (χ0) is 34.0. The van der Waals surface area contributed by atoms with Crippen molar-refractivity contribution in [3.05, 3.63) is 0 Å². The molecule has 0 radical (unpaired) electrons. The lowest BCUT2D eigenvalue weighted by Crippen LogP contribution is -2.63. The quantitative estimate of drug-likeness (QED) is 0.250. The molecule has 9 aliphatic rings. The Morgan fingerprint density at radius 1 is 0.392 bits per heavy atom. The molecule has 2 heteroatoms. The van der Waals surface area contributed by atoms with Crippen LogP contribution in [0.25, 0.3) is 0 Å². The molecule has 9 fully saturated rings. The van der Waals surface area contributed by atoms with Crippen LogP contribution in [0, 0.1) is 76.4 Å². The molecule has 2 nitrogen and oxygen atoms in total. The Bertz CT molecular complexity index is 1030. The lowest BCUT2D eigenvalue weighted by molar-refractivity contribution is -0.137. The molecule has 0 aliphatic heterocycles. The number of nitrogens with one attached hydrogen (secondary N) is 2. The molecule has 0 bridgehead atoms. The fourth-order valence-corrected chi connectivity index (χ4v) is 17.6. The molecule has 2 N–H and O–H groups in total. The van der Waals surface area contributed by atoms with Crippen LogP contribution in [0.15, 0.2) is 0 Å². The average Bonchev–Trinajstić information content (AvgIpc) is 3.52. The third kappa shape index (κ3) is 7.23. The van der Waals surface area contributed by atoms with Crippen LogP contribution in [0.4, 0.5) is 0 Å². The van der Waals surface area contributed by atoms with Crippen molar-refractivity contribution in [3.63, 3.8) is 0 Å². The standard InChI is InChI=1S/C49H84N2/c1-5-17-35(18-6-1)33-50-34-36-29-31-40(32-30-36)51-48-42-26-14-13-25-41(42)46-43-27-15-16-28-44(43)49(38-21-9-3-10-22-38,39-23-11-4-12-24-39)47(46)45(48)37-19-7-2-8-20-37/h35-48,50-51H,1-34H2. The first-order valence-corrected chi connectivity index (χ1v) is 24.8. The smallest absolute Gasteiger partial charge is 0.0134 e. The largest absolute Gasteiger partial charge is 0.316 e. The van der Waals surface area contributed by atoms with Crippen LogP contribution in [0.2, 0.25) is 0 Å². The van der Waals surface area contributed by atoms with Crippen LogP contribution in [-0.4, -0.2) is 25.2 Å². The summed E-state index contributed by atoms with van der Waals surface area (Å²) in [6.07, 6.45) is 49.6. The summed E-state index contributed by atoms with van der Waals surface area (Å²) < 4.78 is 0. The monoisotopic (exact) mass is 701 g/mol. The minimum absolute atomic E-state index is 0.697. The fraction of sp³-hybridized carbons (Fsp3) is 1.00. The summed E-state index contributed by atoms with van der Waals surface area (Å²) in [4.78, 5) is 0. The Hall–Kier alpha value is -0.0800. The van der Waals surface area contributed by atoms with Crippen LogP contribution < -0.4 is 10.6 Å². The zero-order valence-corrected chi connectivity index (χ0v) is 33.6. The third-order valence-corrected chi connectivity index (χ3v) is 19.3. The molecule has 9 rings (SSSR count). The molecule has 8 atom stereocenters. The van der Waals surface area contributed by atoms with Crippen molar-refractivity contribution in [3.8, 4) is 0 Å². The number of hydrogen-bond donors (Lipinski definition) is 2. The van der Waals surface area contributed by atoms with E-state index in [4.69, 9.17) is 5.32 Å². The second-order valence-corrected chi connectivity index (χ2v) is 21.5. The van der Waals surface area contributed by atoms with E-state index in [0.717, 1.165) is 83.1 Å². The van der Waals surface area contributed by atoms with Gasteiger partial charge in [-0.2, -0.15) is 0 Å². The molecule has 0 aromatic rings. The Balaban J connectivity index is 1.03. The van der Waals surface area contributed by atoms with Gasteiger partial charge in [0.2, 0.25) is 0 Å². The highest BCUT2D eigenvalue weighted by Crippen LogP contribution is 2.76. The number of fused-ring (bicyclic) bond motifs is 5. The van der Waals surface area contributed by atoms with E-state index in [-0.39, 0.29) is 0 Å². The first kappa shape index (κ1) is 36.6. The van der Waals surface area contributed by atoms with E-state index >= 15 is 0 Å². The Labute approximate surface area is 316 Å². The van der Waals surface area contributed by atoms with Crippen LogP contribution in [0.1, 0.15) is 205 Å². The van der Waals surface area contributed by atoms with Gasteiger partial charge >= 0.3 is 0 Å². The van der Waals surface area contributed by atoms with Gasteiger partial charge in [0, 0.05) is 12.1 Å². The van der Waals surface area contributed by atoms with E-state index in [2.05, 4.69) is 5.32 Å². The summed E-state index contributed by atoms with van der Waals surface area (Å²) in [6, 6.07) is 1.65. The fourth-order valence-electron chi connectivity index (χ4n) is 17.6. The molecule has 0 saturated heterocycles. The van der Waals surface area contributed by atoms with Gasteiger partial charge in [0.15, 0.2) is 0 Å². The summed E-state index contributed by atoms with van der Waals surface area (Å²) in [5, 5.41) is 8.86. The van der Waals surface area contributed by atoms with Crippen LogP contribution in [-0.2, 0) is 0 Å². The second kappa shape index (κ2) is 17.0. The van der Waals surface area contributed by atoms with Gasteiger partial charge in [-0.25, -0.2) is 0 Å². The van der Waals surface area contributed by atoms with E-state index in [1.807, 2.05) is 0 Å². The van der Waals surface area contributed by atoms with Crippen molar-refractivity contribution < 1.29 is 0 Å². The van der Waals surface area contributed by atoms with E-state index in [1.165, 1.54) is 83.7 Å². The Morgan fingerprint density at radius 3 is 1.51 bits per heavy atom. The summed E-state index contributed by atoms with van der Waals surface area (Å²) in [7, 11) is 0. The SMILES string of the molecule is C1CCC(CNCC2CCC(NC3C4CCCCC4C4C5CCCCC5C(C5CCCCC5)(C5CCCCC5)C4C3C3CCCCC3)CC2)CC1. The van der Waals surface area contributed by atoms with Crippen molar-refractivity contribution in [2.45, 2.75) is 218 Å². The summed E-state index contributed by atoms with van der Waals surface area (Å²) in [5.74, 6) is 12.5. The maximum absolute atomic E-state index is 4.85. The van der Waals surface area contributed by atoms with Gasteiger partial charge in [-0.3, -0.25) is 0 Å². The van der Waals surface area contributed by atoms with Gasteiger partial charge in [0.25, 0.3) is 0 Å². The van der Waals surface area contributed by atoms with E-state index in [9.17, 15) is 0 Å². The predicted octanol–water partition coefficient (Wildman–Crippen LogP) is 12.9. The third-order valence-electron chi connectivity index (χ3n) is 19.3. The predicted molar refractivity (Wildman–Crippen MR) is 216 cm³/mol. The highest BCUT2D eigenvalue weighted by molar-refractivity contribution is 5.20. The molecule has 0 heterocycles. The van der Waals surface area contributed by atoms with Gasteiger partial charge in [0.05, 0.1) is 0 Å². The van der Waals surface area contributed by atoms with Gasteiger partial charge in [-0.15, -0.1) is 0 Å². The first-order valence-electron chi connectivity index (χ1n) is 24.8.